The maximum atomic E-state index is 12.3. The standard InChI is InChI=1S/C18H30N6O/c1-13-3-5-15(6-4-13)21-17(25)12-23-7-9-24(10-8-23)16-11-14(2)20-18(19)22-16/h11,13,15H,3-10,12H2,1-2H3,(H,21,25)(H2,19,20,22). The van der Waals surface area contributed by atoms with Crippen molar-refractivity contribution >= 4 is 17.7 Å². The third kappa shape index (κ3) is 5.04. The van der Waals surface area contributed by atoms with Crippen molar-refractivity contribution in [1.82, 2.24) is 20.2 Å². The van der Waals surface area contributed by atoms with E-state index in [-0.39, 0.29) is 5.91 Å². The Labute approximate surface area is 150 Å². The summed E-state index contributed by atoms with van der Waals surface area (Å²) in [4.78, 5) is 25.2. The zero-order valence-corrected chi connectivity index (χ0v) is 15.4. The SMILES string of the molecule is Cc1cc(N2CCN(CC(=O)NC3CCC(C)CC3)CC2)nc(N)n1. The highest BCUT2D eigenvalue weighted by Gasteiger charge is 2.23. The minimum Gasteiger partial charge on any atom is -0.368 e. The molecule has 7 heteroatoms. The summed E-state index contributed by atoms with van der Waals surface area (Å²) in [5.74, 6) is 2.17. The Kier molecular flexibility index (Phi) is 5.73. The first-order chi connectivity index (χ1) is 12.0. The van der Waals surface area contributed by atoms with Gasteiger partial charge < -0.3 is 16.0 Å². The number of carbonyl (C=O) groups excluding carboxylic acids is 1. The summed E-state index contributed by atoms with van der Waals surface area (Å²) in [5.41, 5.74) is 6.63. The van der Waals surface area contributed by atoms with Crippen molar-refractivity contribution in [2.45, 2.75) is 45.6 Å². The summed E-state index contributed by atoms with van der Waals surface area (Å²) >= 11 is 0. The fraction of sp³-hybridized carbons (Fsp3) is 0.722. The Morgan fingerprint density at radius 3 is 2.52 bits per heavy atom. The third-order valence-corrected chi connectivity index (χ3v) is 5.30. The van der Waals surface area contributed by atoms with E-state index in [1.165, 1.54) is 12.8 Å². The molecule has 7 nitrogen and oxygen atoms in total. The van der Waals surface area contributed by atoms with E-state index in [1.807, 2.05) is 13.0 Å². The molecule has 1 aliphatic heterocycles. The fourth-order valence-corrected chi connectivity index (χ4v) is 3.75. The number of carbonyl (C=O) groups is 1. The number of aromatic nitrogens is 2. The molecule has 1 saturated heterocycles. The van der Waals surface area contributed by atoms with Gasteiger partial charge in [0.05, 0.1) is 6.54 Å². The molecule has 1 saturated carbocycles. The Hall–Kier alpha value is -1.89. The van der Waals surface area contributed by atoms with Gasteiger partial charge in [-0.1, -0.05) is 6.92 Å². The Balaban J connectivity index is 1.43. The number of amides is 1. The van der Waals surface area contributed by atoms with Crippen LogP contribution in [0.3, 0.4) is 0 Å². The van der Waals surface area contributed by atoms with E-state index in [0.717, 1.165) is 56.5 Å². The number of nitrogen functional groups attached to an aromatic ring is 1. The first-order valence-corrected chi connectivity index (χ1v) is 9.37. The number of hydrogen-bond donors (Lipinski definition) is 2. The third-order valence-electron chi connectivity index (χ3n) is 5.30. The van der Waals surface area contributed by atoms with Crippen molar-refractivity contribution < 1.29 is 4.79 Å². The van der Waals surface area contributed by atoms with Crippen LogP contribution in [-0.2, 0) is 4.79 Å². The maximum absolute atomic E-state index is 12.3. The van der Waals surface area contributed by atoms with Crippen molar-refractivity contribution in [1.29, 1.82) is 0 Å². The Morgan fingerprint density at radius 1 is 1.20 bits per heavy atom. The maximum Gasteiger partial charge on any atom is 0.234 e. The molecule has 3 rings (SSSR count). The molecular weight excluding hydrogens is 316 g/mol. The number of rotatable bonds is 4. The minimum absolute atomic E-state index is 0.162. The van der Waals surface area contributed by atoms with Crippen molar-refractivity contribution in [2.24, 2.45) is 5.92 Å². The van der Waals surface area contributed by atoms with Crippen molar-refractivity contribution in [3.05, 3.63) is 11.8 Å². The van der Waals surface area contributed by atoms with E-state index in [1.54, 1.807) is 0 Å². The van der Waals surface area contributed by atoms with Gasteiger partial charge in [0.15, 0.2) is 0 Å². The Bertz CT molecular complexity index is 571. The van der Waals surface area contributed by atoms with Gasteiger partial charge in [-0.2, -0.15) is 4.98 Å². The lowest BCUT2D eigenvalue weighted by Gasteiger charge is -2.35. The number of anilines is 2. The second-order valence-corrected chi connectivity index (χ2v) is 7.51. The smallest absolute Gasteiger partial charge is 0.234 e. The molecule has 25 heavy (non-hydrogen) atoms. The minimum atomic E-state index is 0.162. The number of nitrogens with one attached hydrogen (secondary N) is 1. The van der Waals surface area contributed by atoms with Crippen LogP contribution in [0.25, 0.3) is 0 Å². The summed E-state index contributed by atoms with van der Waals surface area (Å²) in [6, 6.07) is 2.33. The first kappa shape index (κ1) is 17.9. The largest absolute Gasteiger partial charge is 0.368 e. The van der Waals surface area contributed by atoms with Crippen LogP contribution < -0.4 is 16.0 Å². The van der Waals surface area contributed by atoms with Crippen molar-refractivity contribution in [3.63, 3.8) is 0 Å². The van der Waals surface area contributed by atoms with E-state index in [0.29, 0.717) is 18.5 Å². The molecule has 2 fully saturated rings. The fourth-order valence-electron chi connectivity index (χ4n) is 3.75. The second kappa shape index (κ2) is 7.99. The normalized spacial score (nSPS) is 25.0. The summed E-state index contributed by atoms with van der Waals surface area (Å²) in [6.07, 6.45) is 4.69. The Morgan fingerprint density at radius 2 is 1.88 bits per heavy atom. The molecule has 1 aromatic rings. The van der Waals surface area contributed by atoms with Crippen molar-refractivity contribution in [3.8, 4) is 0 Å². The van der Waals surface area contributed by atoms with Crippen LogP contribution in [0.15, 0.2) is 6.07 Å². The van der Waals surface area contributed by atoms with Gasteiger partial charge in [0, 0.05) is 44.0 Å². The van der Waals surface area contributed by atoms with E-state index < -0.39 is 0 Å². The van der Waals surface area contributed by atoms with Gasteiger partial charge in [-0.25, -0.2) is 4.98 Å². The van der Waals surface area contributed by atoms with Gasteiger partial charge in [0.2, 0.25) is 11.9 Å². The average molecular weight is 346 g/mol. The van der Waals surface area contributed by atoms with Crippen LogP contribution in [0.4, 0.5) is 11.8 Å². The zero-order chi connectivity index (χ0) is 17.8. The molecule has 1 aliphatic carbocycles. The number of aryl methyl sites for hydroxylation is 1. The lowest BCUT2D eigenvalue weighted by atomic mass is 9.87. The van der Waals surface area contributed by atoms with E-state index in [2.05, 4.69) is 32.0 Å². The summed E-state index contributed by atoms with van der Waals surface area (Å²) in [6.45, 7) is 8.13. The van der Waals surface area contributed by atoms with Crippen LogP contribution in [0.2, 0.25) is 0 Å². The lowest BCUT2D eigenvalue weighted by molar-refractivity contribution is -0.123. The van der Waals surface area contributed by atoms with Crippen LogP contribution in [0, 0.1) is 12.8 Å². The number of hydrogen-bond acceptors (Lipinski definition) is 6. The molecule has 0 unspecified atom stereocenters. The summed E-state index contributed by atoms with van der Waals surface area (Å²) in [7, 11) is 0. The average Bonchev–Trinajstić information content (AvgIpc) is 2.57. The molecule has 0 radical (unpaired) electrons. The number of nitrogens with zero attached hydrogens (tertiary/aromatic N) is 4. The highest BCUT2D eigenvalue weighted by Crippen LogP contribution is 2.23. The van der Waals surface area contributed by atoms with Gasteiger partial charge in [-0.3, -0.25) is 9.69 Å². The molecule has 2 heterocycles. The molecule has 1 aromatic heterocycles. The molecule has 0 aromatic carbocycles. The van der Waals surface area contributed by atoms with Gasteiger partial charge in [0.1, 0.15) is 5.82 Å². The topological polar surface area (TPSA) is 87.4 Å². The van der Waals surface area contributed by atoms with Crippen LogP contribution in [0.1, 0.15) is 38.3 Å². The summed E-state index contributed by atoms with van der Waals surface area (Å²) in [5, 5.41) is 3.21. The highest BCUT2D eigenvalue weighted by molar-refractivity contribution is 5.78. The van der Waals surface area contributed by atoms with Gasteiger partial charge in [-0.15, -0.1) is 0 Å². The molecule has 0 bridgehead atoms. The van der Waals surface area contributed by atoms with E-state index >= 15 is 0 Å². The van der Waals surface area contributed by atoms with Crippen molar-refractivity contribution in [2.75, 3.05) is 43.4 Å². The predicted molar refractivity (Wildman–Crippen MR) is 99.4 cm³/mol. The molecule has 3 N–H and O–H groups in total. The van der Waals surface area contributed by atoms with Crippen LogP contribution in [0.5, 0.6) is 0 Å². The highest BCUT2D eigenvalue weighted by atomic mass is 16.2. The van der Waals surface area contributed by atoms with Gasteiger partial charge >= 0.3 is 0 Å². The molecule has 2 aliphatic rings. The van der Waals surface area contributed by atoms with Crippen LogP contribution in [-0.4, -0.2) is 59.5 Å². The number of nitrogens with two attached hydrogens (primary N) is 1. The lowest BCUT2D eigenvalue weighted by Crippen LogP contribution is -2.51. The zero-order valence-electron chi connectivity index (χ0n) is 15.4. The van der Waals surface area contributed by atoms with E-state index in [9.17, 15) is 4.79 Å². The van der Waals surface area contributed by atoms with Gasteiger partial charge in [0.25, 0.3) is 0 Å². The predicted octanol–water partition coefficient (Wildman–Crippen LogP) is 1.18. The second-order valence-electron chi connectivity index (χ2n) is 7.51. The molecule has 1 amide bonds. The first-order valence-electron chi connectivity index (χ1n) is 9.37. The quantitative estimate of drug-likeness (QED) is 0.851. The van der Waals surface area contributed by atoms with Gasteiger partial charge in [-0.05, 0) is 38.5 Å². The number of piperazine rings is 1. The molecule has 0 spiro atoms. The van der Waals surface area contributed by atoms with Crippen LogP contribution >= 0.6 is 0 Å². The molecule has 138 valence electrons. The molecule has 0 atom stereocenters. The summed E-state index contributed by atoms with van der Waals surface area (Å²) < 4.78 is 0. The van der Waals surface area contributed by atoms with E-state index in [4.69, 9.17) is 5.73 Å². The molecular formula is C18H30N6O. The monoisotopic (exact) mass is 346 g/mol.